The maximum Gasteiger partial charge on any atom is 0.228 e. The molecule has 1 aromatic carbocycles. The van der Waals surface area contributed by atoms with Crippen LogP contribution in [0, 0.1) is 29.0 Å². The van der Waals surface area contributed by atoms with Gasteiger partial charge in [-0.2, -0.15) is 0 Å². The second-order valence-electron chi connectivity index (χ2n) is 9.47. The van der Waals surface area contributed by atoms with Gasteiger partial charge in [-0.1, -0.05) is 17.7 Å². The molecule has 0 atom stereocenters. The van der Waals surface area contributed by atoms with Gasteiger partial charge in [0.05, 0.1) is 5.41 Å². The van der Waals surface area contributed by atoms with Gasteiger partial charge in [0.2, 0.25) is 5.91 Å². The van der Waals surface area contributed by atoms with Crippen molar-refractivity contribution in [2.24, 2.45) is 23.2 Å². The normalized spacial score (nSPS) is 35.6. The van der Waals surface area contributed by atoms with Crippen molar-refractivity contribution >= 4 is 17.5 Å². The van der Waals surface area contributed by atoms with E-state index in [0.29, 0.717) is 23.0 Å². The fraction of sp³-hybridized carbons (Fsp3) is 0.682. The van der Waals surface area contributed by atoms with Gasteiger partial charge in [0.15, 0.2) is 0 Å². The number of benzene rings is 1. The molecule has 5 fully saturated rings. The van der Waals surface area contributed by atoms with Gasteiger partial charge in [0.25, 0.3) is 0 Å². The van der Waals surface area contributed by atoms with Crippen molar-refractivity contribution in [3.8, 4) is 0 Å². The third kappa shape index (κ3) is 3.19. The summed E-state index contributed by atoms with van der Waals surface area (Å²) in [5.74, 6) is 2.57. The lowest BCUT2D eigenvalue weighted by molar-refractivity contribution is -0.159. The molecule has 4 saturated carbocycles. The monoisotopic (exact) mass is 390 g/mol. The van der Waals surface area contributed by atoms with Crippen LogP contribution in [0.2, 0.25) is 5.02 Å². The van der Waals surface area contributed by atoms with E-state index in [1.54, 1.807) is 12.1 Å². The molecule has 0 N–H and O–H groups in total. The minimum Gasteiger partial charge on any atom is -0.340 e. The summed E-state index contributed by atoms with van der Waals surface area (Å²) >= 11 is 6.17. The first-order valence-corrected chi connectivity index (χ1v) is 10.8. The highest BCUT2D eigenvalue weighted by atomic mass is 35.5. The highest BCUT2D eigenvalue weighted by molar-refractivity contribution is 6.31. The third-order valence-corrected chi connectivity index (χ3v) is 7.95. The number of carbonyl (C=O) groups is 1. The molecule has 4 aliphatic carbocycles. The van der Waals surface area contributed by atoms with Crippen molar-refractivity contribution in [2.45, 2.75) is 45.1 Å². The molecular weight excluding hydrogens is 363 g/mol. The molecule has 0 spiro atoms. The van der Waals surface area contributed by atoms with E-state index in [-0.39, 0.29) is 11.2 Å². The Balaban J connectivity index is 1.23. The molecule has 1 saturated heterocycles. The van der Waals surface area contributed by atoms with Crippen molar-refractivity contribution < 1.29 is 9.18 Å². The van der Waals surface area contributed by atoms with E-state index in [0.717, 1.165) is 63.2 Å². The van der Waals surface area contributed by atoms with Gasteiger partial charge in [-0.25, -0.2) is 4.39 Å². The first kappa shape index (κ1) is 17.9. The molecule has 1 aromatic rings. The molecule has 0 aromatic heterocycles. The maximum absolute atomic E-state index is 14.1. The second kappa shape index (κ2) is 6.73. The van der Waals surface area contributed by atoms with Crippen LogP contribution in [0.4, 0.5) is 4.39 Å². The quantitative estimate of drug-likeness (QED) is 0.766. The predicted molar refractivity (Wildman–Crippen MR) is 104 cm³/mol. The van der Waals surface area contributed by atoms with Gasteiger partial charge in [0, 0.05) is 43.3 Å². The first-order chi connectivity index (χ1) is 13.0. The molecule has 6 rings (SSSR count). The summed E-state index contributed by atoms with van der Waals surface area (Å²) in [7, 11) is 0. The largest absolute Gasteiger partial charge is 0.340 e. The molecule has 3 nitrogen and oxygen atoms in total. The van der Waals surface area contributed by atoms with Gasteiger partial charge in [-0.05, 0) is 68.4 Å². The summed E-state index contributed by atoms with van der Waals surface area (Å²) in [6.07, 6.45) is 7.48. The average Bonchev–Trinajstić information content (AvgIpc) is 2.64. The highest BCUT2D eigenvalue weighted by Gasteiger charge is 2.55. The minimum absolute atomic E-state index is 0.0498. The topological polar surface area (TPSA) is 23.6 Å². The molecule has 0 radical (unpaired) electrons. The number of hydrogen-bond acceptors (Lipinski definition) is 2. The second-order valence-corrected chi connectivity index (χ2v) is 9.87. The van der Waals surface area contributed by atoms with Crippen LogP contribution in [0.3, 0.4) is 0 Å². The van der Waals surface area contributed by atoms with E-state index in [1.165, 1.54) is 25.3 Å². The maximum atomic E-state index is 14.1. The molecule has 5 heteroatoms. The van der Waals surface area contributed by atoms with Crippen LogP contribution >= 0.6 is 11.6 Å². The fourth-order valence-electron chi connectivity index (χ4n) is 6.72. The Kier molecular flexibility index (Phi) is 4.47. The van der Waals surface area contributed by atoms with E-state index in [1.807, 2.05) is 0 Å². The highest BCUT2D eigenvalue weighted by Crippen LogP contribution is 2.60. The Morgan fingerprint density at radius 2 is 1.63 bits per heavy atom. The summed E-state index contributed by atoms with van der Waals surface area (Å²) in [4.78, 5) is 17.8. The zero-order chi connectivity index (χ0) is 18.6. The molecule has 5 aliphatic rings. The molecule has 1 aliphatic heterocycles. The van der Waals surface area contributed by atoms with E-state index >= 15 is 0 Å². The smallest absolute Gasteiger partial charge is 0.228 e. The lowest BCUT2D eigenvalue weighted by atomic mass is 9.49. The third-order valence-electron chi connectivity index (χ3n) is 7.59. The van der Waals surface area contributed by atoms with Crippen LogP contribution in [0.5, 0.6) is 0 Å². The predicted octanol–water partition coefficient (Wildman–Crippen LogP) is 4.34. The molecule has 1 amide bonds. The van der Waals surface area contributed by atoms with Crippen LogP contribution in [0.15, 0.2) is 18.2 Å². The van der Waals surface area contributed by atoms with Crippen LogP contribution < -0.4 is 0 Å². The zero-order valence-electron chi connectivity index (χ0n) is 15.8. The number of amides is 1. The molecule has 146 valence electrons. The zero-order valence-corrected chi connectivity index (χ0v) is 16.6. The van der Waals surface area contributed by atoms with Crippen molar-refractivity contribution in [2.75, 3.05) is 26.2 Å². The van der Waals surface area contributed by atoms with Crippen LogP contribution in [-0.4, -0.2) is 41.9 Å². The van der Waals surface area contributed by atoms with Crippen molar-refractivity contribution in [3.05, 3.63) is 34.6 Å². The lowest BCUT2D eigenvalue weighted by Gasteiger charge is -2.57. The van der Waals surface area contributed by atoms with Crippen molar-refractivity contribution in [1.29, 1.82) is 0 Å². The van der Waals surface area contributed by atoms with E-state index in [9.17, 15) is 9.18 Å². The Morgan fingerprint density at radius 3 is 2.19 bits per heavy atom. The molecule has 4 bridgehead atoms. The van der Waals surface area contributed by atoms with Gasteiger partial charge >= 0.3 is 0 Å². The van der Waals surface area contributed by atoms with Crippen LogP contribution in [0.25, 0.3) is 0 Å². The number of piperazine rings is 1. The summed E-state index contributed by atoms with van der Waals surface area (Å²) in [6, 6.07) is 4.85. The SMILES string of the molecule is O=C(N1CCN(Cc2c(F)cccc2Cl)CC1)C12CC3CC(CC(C3)C1)C2. The standard InChI is InChI=1S/C22H28ClFN2O/c23-19-2-1-3-20(24)18(19)14-25-4-6-26(7-5-25)21(27)22-11-15-8-16(12-22)10-17(9-15)13-22/h1-3,15-17H,4-14H2. The molecular formula is C22H28ClFN2O. The van der Waals surface area contributed by atoms with Gasteiger partial charge in [-0.15, -0.1) is 0 Å². The van der Waals surface area contributed by atoms with E-state index < -0.39 is 0 Å². The van der Waals surface area contributed by atoms with Gasteiger partial charge in [0.1, 0.15) is 5.82 Å². The van der Waals surface area contributed by atoms with Crippen LogP contribution in [0.1, 0.15) is 44.1 Å². The Bertz CT molecular complexity index is 688. The minimum atomic E-state index is -0.241. The van der Waals surface area contributed by atoms with Crippen LogP contribution in [-0.2, 0) is 11.3 Å². The lowest BCUT2D eigenvalue weighted by Crippen LogP contribution is -2.58. The average molecular weight is 391 g/mol. The summed E-state index contributed by atoms with van der Waals surface area (Å²) < 4.78 is 14.1. The molecule has 1 heterocycles. The first-order valence-electron chi connectivity index (χ1n) is 10.5. The van der Waals surface area contributed by atoms with E-state index in [4.69, 9.17) is 11.6 Å². The van der Waals surface area contributed by atoms with Gasteiger partial charge < -0.3 is 4.90 Å². The summed E-state index contributed by atoms with van der Waals surface area (Å²) in [5.41, 5.74) is 0.520. The fourth-order valence-corrected chi connectivity index (χ4v) is 6.95. The summed E-state index contributed by atoms with van der Waals surface area (Å²) in [5, 5.41) is 0.488. The Morgan fingerprint density at radius 1 is 1.04 bits per heavy atom. The Labute approximate surface area is 165 Å². The van der Waals surface area contributed by atoms with E-state index in [2.05, 4.69) is 9.80 Å². The number of rotatable bonds is 3. The number of nitrogens with zero attached hydrogens (tertiary/aromatic N) is 2. The van der Waals surface area contributed by atoms with Gasteiger partial charge in [-0.3, -0.25) is 9.69 Å². The van der Waals surface area contributed by atoms with Crippen molar-refractivity contribution in [1.82, 2.24) is 9.80 Å². The number of carbonyl (C=O) groups excluding carboxylic acids is 1. The van der Waals surface area contributed by atoms with Crippen molar-refractivity contribution in [3.63, 3.8) is 0 Å². The molecule has 0 unspecified atom stereocenters. The summed E-state index contributed by atoms with van der Waals surface area (Å²) in [6.45, 7) is 3.62. The Hall–Kier alpha value is -1.13. The molecule has 27 heavy (non-hydrogen) atoms. The number of hydrogen-bond donors (Lipinski definition) is 0. The number of halogens is 2.